The molecule has 0 aromatic carbocycles. The molecule has 0 spiro atoms. The average Bonchev–Trinajstić information content (AvgIpc) is 1.59. The molecule has 0 aliphatic heterocycles. The second-order valence-corrected chi connectivity index (χ2v) is 2.34. The molecule has 0 heterocycles. The van der Waals surface area contributed by atoms with Crippen molar-refractivity contribution >= 4 is 127 Å². The summed E-state index contributed by atoms with van der Waals surface area (Å²) in [6.45, 7) is 1.13. The molecule has 0 aliphatic carbocycles. The van der Waals surface area contributed by atoms with E-state index in [1.807, 2.05) is 0 Å². The van der Waals surface area contributed by atoms with Crippen LogP contribution in [0, 0.1) is 0 Å². The van der Waals surface area contributed by atoms with Crippen molar-refractivity contribution in [1.82, 2.24) is 0 Å². The first-order valence-corrected chi connectivity index (χ1v) is 3.72. The SMILES string of the molecule is CC(O)C(=O)[O-].O=P([O-])([O-])[O-].[Ca+2].[Ca+2].[Ca+2]. The Hall–Kier alpha value is 3.32. The predicted octanol–water partition coefficient (Wildman–Crippen LogP) is -5.85. The Balaban J connectivity index is -0.0000000321. The number of hydrogen-bond acceptors (Lipinski definition) is 7. The van der Waals surface area contributed by atoms with Crippen molar-refractivity contribution < 1.29 is 34.3 Å². The fourth-order valence-corrected chi connectivity index (χ4v) is 0. The molecule has 0 fully saturated rings. The number of aliphatic carboxylic acids is 1. The van der Waals surface area contributed by atoms with Gasteiger partial charge in [-0.25, -0.2) is 0 Å². The summed E-state index contributed by atoms with van der Waals surface area (Å²) in [6.07, 6.45) is -1.34. The molecular weight excluding hydrogens is 299 g/mol. The predicted molar refractivity (Wildman–Crippen MR) is 41.6 cm³/mol. The number of aliphatic hydroxyl groups excluding tert-OH is 1. The molecule has 1 N–H and O–H groups in total. The molecule has 1 atom stereocenters. The van der Waals surface area contributed by atoms with Crippen LogP contribution >= 0.6 is 7.82 Å². The van der Waals surface area contributed by atoms with Crippen LogP contribution in [0.2, 0.25) is 0 Å². The van der Waals surface area contributed by atoms with Crippen molar-refractivity contribution in [1.29, 1.82) is 0 Å². The van der Waals surface area contributed by atoms with Gasteiger partial charge in [0.1, 0.15) is 0 Å². The van der Waals surface area contributed by atoms with Gasteiger partial charge in [0.25, 0.3) is 0 Å². The van der Waals surface area contributed by atoms with E-state index in [1.165, 1.54) is 0 Å². The van der Waals surface area contributed by atoms with Gasteiger partial charge in [0.2, 0.25) is 0 Å². The van der Waals surface area contributed by atoms with Crippen molar-refractivity contribution in [3.63, 3.8) is 0 Å². The Bertz CT molecular complexity index is 159. The number of carbonyl (C=O) groups is 1. The zero-order valence-corrected chi connectivity index (χ0v) is 15.1. The van der Waals surface area contributed by atoms with Crippen LogP contribution in [0.5, 0.6) is 0 Å². The van der Waals surface area contributed by atoms with Crippen molar-refractivity contribution in [3.8, 4) is 0 Å². The third-order valence-electron chi connectivity index (χ3n) is 0.341. The first kappa shape index (κ1) is 30.4. The maximum absolute atomic E-state index is 9.34. The van der Waals surface area contributed by atoms with Crippen LogP contribution in [-0.4, -0.2) is 130 Å². The van der Waals surface area contributed by atoms with Gasteiger partial charge in [-0.05, 0) is 6.92 Å². The summed E-state index contributed by atoms with van der Waals surface area (Å²) in [7, 11) is -5.39. The average molecular weight is 304 g/mol. The van der Waals surface area contributed by atoms with E-state index in [0.29, 0.717) is 0 Å². The number of aliphatic hydroxyl groups is 1. The van der Waals surface area contributed by atoms with Crippen LogP contribution in [0.3, 0.4) is 0 Å². The summed E-state index contributed by atoms with van der Waals surface area (Å²) in [5, 5.41) is 17.3. The van der Waals surface area contributed by atoms with Crippen molar-refractivity contribution in [3.05, 3.63) is 0 Å². The minimum Gasteiger partial charge on any atom is -0.822 e. The molecule has 11 heteroatoms. The summed E-state index contributed by atoms with van der Waals surface area (Å²) >= 11 is 0. The summed E-state index contributed by atoms with van der Waals surface area (Å²) < 4.78 is 8.55. The van der Waals surface area contributed by atoms with Crippen LogP contribution in [0.15, 0.2) is 0 Å². The largest absolute Gasteiger partial charge is 2.00 e. The van der Waals surface area contributed by atoms with Crippen LogP contribution in [0.4, 0.5) is 0 Å². The molecule has 0 radical (unpaired) electrons. The van der Waals surface area contributed by atoms with E-state index < -0.39 is 19.9 Å². The van der Waals surface area contributed by atoms with Gasteiger partial charge in [-0.15, -0.1) is 0 Å². The van der Waals surface area contributed by atoms with Crippen LogP contribution in [-0.2, 0) is 9.36 Å². The number of phosphoric acid groups is 1. The fourth-order valence-electron chi connectivity index (χ4n) is 0. The minimum atomic E-state index is -5.39. The summed E-state index contributed by atoms with van der Waals surface area (Å²) in [5.41, 5.74) is 0. The molecule has 14 heavy (non-hydrogen) atoms. The second-order valence-electron chi connectivity index (χ2n) is 1.44. The zero-order valence-electron chi connectivity index (χ0n) is 7.54. The Labute approximate surface area is 171 Å². The van der Waals surface area contributed by atoms with E-state index in [9.17, 15) is 9.90 Å². The Kier molecular flexibility index (Phi) is 35.4. The Morgan fingerprint density at radius 3 is 1.29 bits per heavy atom. The number of rotatable bonds is 1. The van der Waals surface area contributed by atoms with Crippen molar-refractivity contribution in [2.75, 3.05) is 0 Å². The molecule has 0 saturated carbocycles. The van der Waals surface area contributed by atoms with Crippen LogP contribution in [0.1, 0.15) is 6.92 Å². The topological polar surface area (TPSA) is 147 Å². The van der Waals surface area contributed by atoms with Gasteiger partial charge < -0.3 is 34.3 Å². The molecule has 7 nitrogen and oxygen atoms in total. The second kappa shape index (κ2) is 16.3. The van der Waals surface area contributed by atoms with Gasteiger partial charge in [0.05, 0.1) is 12.1 Å². The maximum atomic E-state index is 9.34. The maximum Gasteiger partial charge on any atom is 2.00 e. The van der Waals surface area contributed by atoms with E-state index in [0.717, 1.165) is 6.92 Å². The molecule has 0 bridgehead atoms. The Morgan fingerprint density at radius 1 is 1.21 bits per heavy atom. The summed E-state index contributed by atoms with van der Waals surface area (Å²) in [4.78, 5) is 35.0. The summed E-state index contributed by atoms with van der Waals surface area (Å²) in [6, 6.07) is 0. The third kappa shape index (κ3) is 58.6. The molecule has 0 aromatic rings. The minimum absolute atomic E-state index is 0. The van der Waals surface area contributed by atoms with Gasteiger partial charge in [-0.3, -0.25) is 0 Å². The molecule has 68 valence electrons. The van der Waals surface area contributed by atoms with E-state index in [-0.39, 0.29) is 113 Å². The van der Waals surface area contributed by atoms with E-state index in [1.54, 1.807) is 0 Å². The van der Waals surface area contributed by atoms with E-state index in [2.05, 4.69) is 0 Å². The molecule has 0 saturated heterocycles. The van der Waals surface area contributed by atoms with Gasteiger partial charge in [-0.2, -0.15) is 7.82 Å². The first-order chi connectivity index (χ1) is 4.64. The smallest absolute Gasteiger partial charge is 0.822 e. The van der Waals surface area contributed by atoms with Crippen molar-refractivity contribution in [2.45, 2.75) is 13.0 Å². The Morgan fingerprint density at radius 2 is 1.29 bits per heavy atom. The number of carboxylic acids is 1. The van der Waals surface area contributed by atoms with Gasteiger partial charge in [0, 0.05) is 0 Å². The normalized spacial score (nSPS) is 10.1. The summed E-state index contributed by atoms with van der Waals surface area (Å²) in [5.74, 6) is -1.44. The molecule has 1 unspecified atom stereocenters. The molecule has 0 aliphatic rings. The standard InChI is InChI=1S/C3H6O3.3Ca.H3O4P/c1-2(4)3(5)6;;;;1-5(2,3)4/h2,4H,1H3,(H,5,6);;;;(H3,1,2,3,4)/q;3*+2;/p-4. The van der Waals surface area contributed by atoms with E-state index in [4.69, 9.17) is 24.4 Å². The zero-order chi connectivity index (χ0) is 9.65. The van der Waals surface area contributed by atoms with E-state index >= 15 is 0 Å². The fraction of sp³-hybridized carbons (Fsp3) is 0.667. The molecule has 0 aromatic heterocycles. The van der Waals surface area contributed by atoms with Crippen molar-refractivity contribution in [2.24, 2.45) is 0 Å². The van der Waals surface area contributed by atoms with Gasteiger partial charge in [0.15, 0.2) is 0 Å². The number of carbonyl (C=O) groups excluding carboxylic acids is 1. The molecular formula is C3H5Ca3O7P+2. The third-order valence-corrected chi connectivity index (χ3v) is 0.341. The first-order valence-electron chi connectivity index (χ1n) is 2.26. The van der Waals surface area contributed by atoms with Crippen LogP contribution in [0.25, 0.3) is 0 Å². The monoisotopic (exact) mass is 304 g/mol. The molecule has 0 amide bonds. The number of hydrogen-bond donors (Lipinski definition) is 1. The molecule has 0 rings (SSSR count). The van der Waals surface area contributed by atoms with Gasteiger partial charge >= 0.3 is 113 Å². The number of carboxylic acid groups (broad SMARTS) is 1. The quantitative estimate of drug-likeness (QED) is 0.375. The van der Waals surface area contributed by atoms with Crippen LogP contribution < -0.4 is 19.8 Å². The van der Waals surface area contributed by atoms with Gasteiger partial charge in [-0.1, -0.05) is 0 Å².